The molecule has 32 heavy (non-hydrogen) atoms. The molecule has 4 saturated carbocycles. The molecule has 2 heteroatoms. The summed E-state index contributed by atoms with van der Waals surface area (Å²) in [5.74, 6) is 3.71. The zero-order chi connectivity index (χ0) is 23.3. The van der Waals surface area contributed by atoms with E-state index in [2.05, 4.69) is 47.6 Å². The molecule has 0 aromatic heterocycles. The van der Waals surface area contributed by atoms with E-state index < -0.39 is 11.4 Å². The van der Waals surface area contributed by atoms with Gasteiger partial charge in [-0.1, -0.05) is 53.7 Å². The van der Waals surface area contributed by atoms with E-state index in [1.807, 2.05) is 13.0 Å². The molecule has 1 unspecified atom stereocenters. The van der Waals surface area contributed by atoms with E-state index in [1.54, 1.807) is 0 Å². The lowest BCUT2D eigenvalue weighted by Crippen LogP contribution is -2.65. The van der Waals surface area contributed by atoms with Crippen LogP contribution in [0.15, 0.2) is 12.2 Å². The van der Waals surface area contributed by atoms with Gasteiger partial charge in [-0.25, -0.2) is 0 Å². The van der Waals surface area contributed by atoms with Crippen molar-refractivity contribution < 1.29 is 9.90 Å². The summed E-state index contributed by atoms with van der Waals surface area (Å²) in [5, 5.41) is 10.2. The minimum atomic E-state index is -0.703. The SMILES string of the molecule is CC(C)[C@@H]1CC[C@]2(C)CC[C@]3(C)[C@H](CC[C@@H]4[C@@]5(C)CC=CC(C)(C(=O)O)[C@@H]5CC[C@]43C)[C@@H]12. The minimum absolute atomic E-state index is 0.108. The van der Waals surface area contributed by atoms with Crippen LogP contribution in [0.1, 0.15) is 106 Å². The third kappa shape index (κ3) is 2.62. The van der Waals surface area contributed by atoms with Gasteiger partial charge in [0.05, 0.1) is 5.41 Å². The highest BCUT2D eigenvalue weighted by atomic mass is 16.4. The zero-order valence-electron chi connectivity index (χ0n) is 21.8. The van der Waals surface area contributed by atoms with Crippen LogP contribution in [0.2, 0.25) is 0 Å². The van der Waals surface area contributed by atoms with E-state index in [1.165, 1.54) is 44.9 Å². The zero-order valence-corrected chi connectivity index (χ0v) is 21.8. The average Bonchev–Trinajstić information content (AvgIpc) is 3.06. The van der Waals surface area contributed by atoms with Gasteiger partial charge in [0.15, 0.2) is 0 Å². The van der Waals surface area contributed by atoms with Crippen molar-refractivity contribution in [3.8, 4) is 0 Å². The fourth-order valence-corrected chi connectivity index (χ4v) is 11.3. The maximum Gasteiger partial charge on any atom is 0.313 e. The van der Waals surface area contributed by atoms with Gasteiger partial charge in [-0.3, -0.25) is 4.79 Å². The van der Waals surface area contributed by atoms with E-state index >= 15 is 0 Å². The molecule has 0 aromatic rings. The molecule has 0 heterocycles. The quantitative estimate of drug-likeness (QED) is 0.442. The summed E-state index contributed by atoms with van der Waals surface area (Å²) in [6.45, 7) is 17.4. The number of carboxylic acid groups (broad SMARTS) is 1. The van der Waals surface area contributed by atoms with E-state index in [0.29, 0.717) is 22.2 Å². The van der Waals surface area contributed by atoms with E-state index in [0.717, 1.165) is 36.5 Å². The van der Waals surface area contributed by atoms with Gasteiger partial charge in [0.2, 0.25) is 0 Å². The molecule has 10 atom stereocenters. The topological polar surface area (TPSA) is 37.3 Å². The van der Waals surface area contributed by atoms with Crippen LogP contribution in [0.25, 0.3) is 0 Å². The number of hydrogen-bond donors (Lipinski definition) is 1. The Balaban J connectivity index is 1.55. The Bertz CT molecular complexity index is 829. The van der Waals surface area contributed by atoms with Crippen molar-refractivity contribution in [2.24, 2.45) is 62.6 Å². The van der Waals surface area contributed by atoms with Crippen molar-refractivity contribution in [1.29, 1.82) is 0 Å². The summed E-state index contributed by atoms with van der Waals surface area (Å²) in [5.41, 5.74) is 0.685. The van der Waals surface area contributed by atoms with Crippen LogP contribution in [0, 0.1) is 62.6 Å². The molecule has 5 rings (SSSR count). The summed E-state index contributed by atoms with van der Waals surface area (Å²) in [4.78, 5) is 12.4. The second kappa shape index (κ2) is 6.88. The smallest absolute Gasteiger partial charge is 0.313 e. The first-order valence-electron chi connectivity index (χ1n) is 13.7. The lowest BCUT2D eigenvalue weighted by atomic mass is 9.33. The lowest BCUT2D eigenvalue weighted by Gasteiger charge is -2.72. The predicted molar refractivity (Wildman–Crippen MR) is 131 cm³/mol. The summed E-state index contributed by atoms with van der Waals surface area (Å²) in [6.07, 6.45) is 16.0. The Morgan fingerprint density at radius 1 is 0.875 bits per heavy atom. The molecule has 0 bridgehead atoms. The van der Waals surface area contributed by atoms with E-state index in [9.17, 15) is 9.90 Å². The number of aliphatic carboxylic acids is 1. The summed E-state index contributed by atoms with van der Waals surface area (Å²) >= 11 is 0. The first kappa shape index (κ1) is 23.0. The van der Waals surface area contributed by atoms with Crippen molar-refractivity contribution in [2.75, 3.05) is 0 Å². The summed E-state index contributed by atoms with van der Waals surface area (Å²) in [6, 6.07) is 0. The molecule has 5 aliphatic rings. The largest absolute Gasteiger partial charge is 0.481 e. The molecule has 0 spiro atoms. The molecule has 5 aliphatic carbocycles. The highest BCUT2D eigenvalue weighted by Gasteiger charge is 2.70. The van der Waals surface area contributed by atoms with Crippen LogP contribution < -0.4 is 0 Å². The number of carboxylic acids is 1. The van der Waals surface area contributed by atoms with Crippen molar-refractivity contribution in [3.63, 3.8) is 0 Å². The first-order chi connectivity index (χ1) is 14.8. The number of allylic oxidation sites excluding steroid dienone is 1. The molecular weight excluding hydrogens is 392 g/mol. The molecule has 0 radical (unpaired) electrons. The molecule has 1 N–H and O–H groups in total. The van der Waals surface area contributed by atoms with Gasteiger partial charge >= 0.3 is 5.97 Å². The second-order valence-electron chi connectivity index (χ2n) is 14.5. The average molecular weight is 441 g/mol. The van der Waals surface area contributed by atoms with Crippen LogP contribution >= 0.6 is 0 Å². The van der Waals surface area contributed by atoms with Crippen LogP contribution in [-0.4, -0.2) is 11.1 Å². The van der Waals surface area contributed by atoms with Crippen molar-refractivity contribution >= 4 is 5.97 Å². The van der Waals surface area contributed by atoms with Crippen molar-refractivity contribution in [3.05, 3.63) is 12.2 Å². The van der Waals surface area contributed by atoms with Gasteiger partial charge in [-0.2, -0.15) is 0 Å². The monoisotopic (exact) mass is 440 g/mol. The van der Waals surface area contributed by atoms with Gasteiger partial charge in [0.1, 0.15) is 0 Å². The third-order valence-corrected chi connectivity index (χ3v) is 13.2. The molecule has 180 valence electrons. The second-order valence-corrected chi connectivity index (χ2v) is 14.5. The van der Waals surface area contributed by atoms with E-state index in [-0.39, 0.29) is 11.3 Å². The van der Waals surface area contributed by atoms with Gasteiger partial charge in [-0.05, 0) is 122 Å². The van der Waals surface area contributed by atoms with E-state index in [4.69, 9.17) is 0 Å². The highest BCUT2D eigenvalue weighted by molar-refractivity contribution is 5.77. The molecule has 0 aliphatic heterocycles. The van der Waals surface area contributed by atoms with Crippen LogP contribution in [0.5, 0.6) is 0 Å². The Kier molecular flexibility index (Phi) is 4.94. The van der Waals surface area contributed by atoms with Crippen LogP contribution in [0.4, 0.5) is 0 Å². The van der Waals surface area contributed by atoms with Gasteiger partial charge in [0.25, 0.3) is 0 Å². The van der Waals surface area contributed by atoms with Crippen molar-refractivity contribution in [2.45, 2.75) is 106 Å². The molecular formula is C30H48O2. The Hall–Kier alpha value is -0.790. The first-order valence-corrected chi connectivity index (χ1v) is 13.7. The van der Waals surface area contributed by atoms with Crippen LogP contribution in [0.3, 0.4) is 0 Å². The molecule has 0 aromatic carbocycles. The fraction of sp³-hybridized carbons (Fsp3) is 0.900. The number of carbonyl (C=O) groups is 1. The summed E-state index contributed by atoms with van der Waals surface area (Å²) in [7, 11) is 0. The number of hydrogen-bond acceptors (Lipinski definition) is 1. The molecule has 0 saturated heterocycles. The molecule has 4 fully saturated rings. The van der Waals surface area contributed by atoms with Gasteiger partial charge in [-0.15, -0.1) is 0 Å². The van der Waals surface area contributed by atoms with Crippen LogP contribution in [-0.2, 0) is 4.79 Å². The summed E-state index contributed by atoms with van der Waals surface area (Å²) < 4.78 is 0. The Labute approximate surface area is 197 Å². The molecule has 0 amide bonds. The van der Waals surface area contributed by atoms with Crippen molar-refractivity contribution in [1.82, 2.24) is 0 Å². The molecule has 2 nitrogen and oxygen atoms in total. The fourth-order valence-electron chi connectivity index (χ4n) is 11.3. The van der Waals surface area contributed by atoms with Gasteiger partial charge in [0, 0.05) is 0 Å². The Morgan fingerprint density at radius 3 is 2.25 bits per heavy atom. The minimum Gasteiger partial charge on any atom is -0.481 e. The Morgan fingerprint density at radius 2 is 1.59 bits per heavy atom. The third-order valence-electron chi connectivity index (χ3n) is 13.2. The normalized spacial score (nSPS) is 56.8. The maximum atomic E-state index is 12.4. The standard InChI is InChI=1S/C30H48O2/c1-19(2)20-11-15-26(3)17-18-29(6)21(24(20)26)9-10-23-27(4)13-8-14-28(5,25(31)32)22(27)12-16-30(23,29)7/h8,14,19-24H,9-13,15-18H2,1-7H3,(H,31,32)/t20-,21+,22+,23+,24+,26+,27-,28?,29+,30+/m0/s1. The maximum absolute atomic E-state index is 12.4. The van der Waals surface area contributed by atoms with Gasteiger partial charge < -0.3 is 5.11 Å². The lowest BCUT2D eigenvalue weighted by molar-refractivity contribution is -0.229. The number of fused-ring (bicyclic) bond motifs is 7. The number of rotatable bonds is 2. The predicted octanol–water partition coefficient (Wildman–Crippen LogP) is 7.97. The highest BCUT2D eigenvalue weighted by Crippen LogP contribution is 2.77.